The van der Waals surface area contributed by atoms with E-state index in [0.29, 0.717) is 5.56 Å². The first-order valence-corrected chi connectivity index (χ1v) is 8.59. The summed E-state index contributed by atoms with van der Waals surface area (Å²) in [6, 6.07) is 4.48. The van der Waals surface area contributed by atoms with Crippen molar-refractivity contribution in [3.05, 3.63) is 28.8 Å². The first-order valence-electron chi connectivity index (χ1n) is 6.73. The Morgan fingerprint density at radius 1 is 1.29 bits per heavy atom. The summed E-state index contributed by atoms with van der Waals surface area (Å²) in [5.74, 6) is -0.277. The lowest BCUT2D eigenvalue weighted by Gasteiger charge is -2.21. The lowest BCUT2D eigenvalue weighted by molar-refractivity contribution is 0.0951. The van der Waals surface area contributed by atoms with Gasteiger partial charge in [0.25, 0.3) is 5.91 Å². The van der Waals surface area contributed by atoms with Crippen molar-refractivity contribution in [3.63, 3.8) is 0 Å². The number of carbonyl (C=O) groups is 1. The SMILES string of the molecule is CC(C)(C)NS(=O)(=O)c1cc(C(=O)NC2CC2)ccc1Cl. The maximum Gasteiger partial charge on any atom is 0.251 e. The van der Waals surface area contributed by atoms with Gasteiger partial charge in [-0.2, -0.15) is 0 Å². The lowest BCUT2D eigenvalue weighted by Crippen LogP contribution is -2.40. The molecule has 2 N–H and O–H groups in total. The molecule has 0 unspecified atom stereocenters. The third-order valence-electron chi connectivity index (χ3n) is 2.84. The molecule has 0 atom stereocenters. The number of benzene rings is 1. The Bertz CT molecular complexity index is 661. The van der Waals surface area contributed by atoms with Crippen LogP contribution in [0.2, 0.25) is 5.02 Å². The number of nitrogens with one attached hydrogen (secondary N) is 2. The van der Waals surface area contributed by atoms with Crippen LogP contribution in [0, 0.1) is 0 Å². The maximum absolute atomic E-state index is 12.4. The number of rotatable bonds is 4. The molecule has 1 aliphatic rings. The summed E-state index contributed by atoms with van der Waals surface area (Å²) in [7, 11) is -3.78. The molecule has 0 spiro atoms. The van der Waals surface area contributed by atoms with Crippen LogP contribution >= 0.6 is 11.6 Å². The van der Waals surface area contributed by atoms with Gasteiger partial charge in [0.2, 0.25) is 10.0 Å². The van der Waals surface area contributed by atoms with E-state index >= 15 is 0 Å². The first kappa shape index (κ1) is 16.3. The van der Waals surface area contributed by atoms with Crippen molar-refractivity contribution in [2.75, 3.05) is 0 Å². The predicted octanol–water partition coefficient (Wildman–Crippen LogP) is 2.31. The topological polar surface area (TPSA) is 75.3 Å². The third-order valence-corrected chi connectivity index (χ3v) is 5.08. The van der Waals surface area contributed by atoms with Gasteiger partial charge in [-0.25, -0.2) is 13.1 Å². The van der Waals surface area contributed by atoms with Crippen molar-refractivity contribution in [1.29, 1.82) is 0 Å². The second-order valence-corrected chi connectivity index (χ2v) is 8.31. The van der Waals surface area contributed by atoms with Crippen LogP contribution in [-0.4, -0.2) is 25.9 Å². The first-order chi connectivity index (χ1) is 9.58. The smallest absolute Gasteiger partial charge is 0.251 e. The van der Waals surface area contributed by atoms with Gasteiger partial charge < -0.3 is 5.32 Å². The minimum atomic E-state index is -3.78. The molecule has 0 bridgehead atoms. The number of amides is 1. The zero-order valence-electron chi connectivity index (χ0n) is 12.2. The lowest BCUT2D eigenvalue weighted by atomic mass is 10.1. The summed E-state index contributed by atoms with van der Waals surface area (Å²) in [4.78, 5) is 11.9. The highest BCUT2D eigenvalue weighted by Crippen LogP contribution is 2.25. The van der Waals surface area contributed by atoms with Crippen LogP contribution in [0.3, 0.4) is 0 Å². The zero-order valence-corrected chi connectivity index (χ0v) is 13.8. The Morgan fingerprint density at radius 2 is 1.90 bits per heavy atom. The molecule has 0 radical (unpaired) electrons. The molecule has 0 saturated heterocycles. The molecule has 116 valence electrons. The second-order valence-electron chi connectivity index (χ2n) is 6.25. The zero-order chi connectivity index (χ0) is 15.8. The Balaban J connectivity index is 2.32. The average Bonchev–Trinajstić information content (AvgIpc) is 3.09. The highest BCUT2D eigenvalue weighted by molar-refractivity contribution is 7.89. The van der Waals surface area contributed by atoms with Crippen LogP contribution in [0.1, 0.15) is 44.0 Å². The predicted molar refractivity (Wildman–Crippen MR) is 82.0 cm³/mol. The quantitative estimate of drug-likeness (QED) is 0.889. The summed E-state index contributed by atoms with van der Waals surface area (Å²) in [5, 5.41) is 2.91. The van der Waals surface area contributed by atoms with E-state index in [9.17, 15) is 13.2 Å². The Kier molecular flexibility index (Phi) is 4.33. The van der Waals surface area contributed by atoms with Crippen molar-refractivity contribution < 1.29 is 13.2 Å². The summed E-state index contributed by atoms with van der Waals surface area (Å²) in [6.07, 6.45) is 1.94. The molecule has 1 saturated carbocycles. The van der Waals surface area contributed by atoms with Crippen molar-refractivity contribution >= 4 is 27.5 Å². The fourth-order valence-electron chi connectivity index (χ4n) is 1.81. The summed E-state index contributed by atoms with van der Waals surface area (Å²) in [5.41, 5.74) is -0.338. The number of hydrogen-bond acceptors (Lipinski definition) is 3. The van der Waals surface area contributed by atoms with Gasteiger partial charge in [-0.15, -0.1) is 0 Å². The van der Waals surface area contributed by atoms with Crippen LogP contribution in [0.15, 0.2) is 23.1 Å². The molecular formula is C14H19ClN2O3S. The van der Waals surface area contributed by atoms with E-state index in [1.165, 1.54) is 18.2 Å². The highest BCUT2D eigenvalue weighted by atomic mass is 35.5. The van der Waals surface area contributed by atoms with Crippen molar-refractivity contribution in [2.24, 2.45) is 0 Å². The number of hydrogen-bond donors (Lipinski definition) is 2. The molecule has 0 aromatic heterocycles. The Hall–Kier alpha value is -1.11. The molecule has 7 heteroatoms. The molecule has 5 nitrogen and oxygen atoms in total. The monoisotopic (exact) mass is 330 g/mol. The standard InChI is InChI=1S/C14H19ClN2O3S/c1-14(2,3)17-21(19,20)12-8-9(4-7-11(12)15)13(18)16-10-5-6-10/h4,7-8,10,17H,5-6H2,1-3H3,(H,16,18). The normalized spacial score (nSPS) is 15.8. The van der Waals surface area contributed by atoms with Gasteiger partial charge in [-0.3, -0.25) is 4.79 Å². The van der Waals surface area contributed by atoms with Gasteiger partial charge in [-0.1, -0.05) is 11.6 Å². The van der Waals surface area contributed by atoms with Crippen LogP contribution in [0.5, 0.6) is 0 Å². The van der Waals surface area contributed by atoms with Gasteiger partial charge in [0.1, 0.15) is 4.90 Å². The minimum absolute atomic E-state index is 0.0810. The van der Waals surface area contributed by atoms with Crippen LogP contribution < -0.4 is 10.0 Å². The Morgan fingerprint density at radius 3 is 2.43 bits per heavy atom. The molecule has 1 amide bonds. The summed E-state index contributed by atoms with van der Waals surface area (Å²) < 4.78 is 27.2. The van der Waals surface area contributed by atoms with Gasteiger partial charge in [0, 0.05) is 17.1 Å². The van der Waals surface area contributed by atoms with Crippen LogP contribution in [0.25, 0.3) is 0 Å². The number of carbonyl (C=O) groups excluding carboxylic acids is 1. The summed E-state index contributed by atoms with van der Waals surface area (Å²) >= 11 is 5.98. The van der Waals surface area contributed by atoms with Gasteiger partial charge >= 0.3 is 0 Å². The molecule has 1 fully saturated rings. The Labute approximate surface area is 130 Å². The number of sulfonamides is 1. The third kappa shape index (κ3) is 4.43. The van der Waals surface area contributed by atoms with Crippen molar-refractivity contribution in [3.8, 4) is 0 Å². The fourth-order valence-corrected chi connectivity index (χ4v) is 3.75. The van der Waals surface area contributed by atoms with E-state index in [2.05, 4.69) is 10.0 Å². The van der Waals surface area contributed by atoms with Gasteiger partial charge in [0.15, 0.2) is 0 Å². The van der Waals surface area contributed by atoms with Gasteiger partial charge in [-0.05, 0) is 51.8 Å². The van der Waals surface area contributed by atoms with Crippen LogP contribution in [-0.2, 0) is 10.0 Å². The molecule has 1 aromatic rings. The molecule has 21 heavy (non-hydrogen) atoms. The molecule has 2 rings (SSSR count). The molecule has 0 aliphatic heterocycles. The second kappa shape index (κ2) is 5.59. The molecular weight excluding hydrogens is 312 g/mol. The van der Waals surface area contributed by atoms with E-state index in [1.54, 1.807) is 20.8 Å². The molecule has 1 aliphatic carbocycles. The molecule has 0 heterocycles. The van der Waals surface area contributed by atoms with Gasteiger partial charge in [0.05, 0.1) is 5.02 Å². The van der Waals surface area contributed by atoms with Crippen molar-refractivity contribution in [1.82, 2.24) is 10.0 Å². The largest absolute Gasteiger partial charge is 0.349 e. The average molecular weight is 331 g/mol. The number of halogens is 1. The van der Waals surface area contributed by atoms with E-state index in [4.69, 9.17) is 11.6 Å². The molecule has 1 aromatic carbocycles. The highest BCUT2D eigenvalue weighted by Gasteiger charge is 2.27. The van der Waals surface area contributed by atoms with Crippen molar-refractivity contribution in [2.45, 2.75) is 50.1 Å². The fraction of sp³-hybridized carbons (Fsp3) is 0.500. The minimum Gasteiger partial charge on any atom is -0.349 e. The van der Waals surface area contributed by atoms with E-state index in [0.717, 1.165) is 12.8 Å². The van der Waals surface area contributed by atoms with Crippen LogP contribution in [0.4, 0.5) is 0 Å². The van der Waals surface area contributed by atoms with E-state index < -0.39 is 15.6 Å². The van der Waals surface area contributed by atoms with E-state index in [1.807, 2.05) is 0 Å². The summed E-state index contributed by atoms with van der Waals surface area (Å²) in [6.45, 7) is 5.21. The maximum atomic E-state index is 12.4. The van der Waals surface area contributed by atoms with E-state index in [-0.39, 0.29) is 21.9 Å².